The number of phenolic OH excluding ortho intramolecular Hbond substituents is 4. The second kappa shape index (κ2) is 12.4. The van der Waals surface area contributed by atoms with Crippen LogP contribution in [0.1, 0.15) is 19.3 Å². The third kappa shape index (κ3) is 7.22. The van der Waals surface area contributed by atoms with Crippen LogP contribution in [-0.4, -0.2) is 61.5 Å². The van der Waals surface area contributed by atoms with Gasteiger partial charge in [-0.15, -0.1) is 0 Å². The number of aromatic hydroxyl groups is 5. The minimum Gasteiger partial charge on any atom is -0.508 e. The Morgan fingerprint density at radius 2 is 1.68 bits per heavy atom. The first-order valence-electron chi connectivity index (χ1n) is 10.6. The summed E-state index contributed by atoms with van der Waals surface area (Å²) in [6.07, 6.45) is -1.06. The largest absolute Gasteiger partial charge is 0.508 e. The Labute approximate surface area is 207 Å². The third-order valence-corrected chi connectivity index (χ3v) is 4.86. The van der Waals surface area contributed by atoms with Crippen LogP contribution in [0.5, 0.6) is 28.7 Å². The highest BCUT2D eigenvalue weighted by Crippen LogP contribution is 2.37. The van der Waals surface area contributed by atoms with Crippen molar-refractivity contribution in [1.29, 1.82) is 0 Å². The van der Waals surface area contributed by atoms with E-state index in [2.05, 4.69) is 4.74 Å². The molecule has 1 aromatic heterocycles. The molecule has 10 N–H and O–H groups in total. The van der Waals surface area contributed by atoms with Crippen molar-refractivity contribution in [2.75, 3.05) is 6.54 Å². The van der Waals surface area contributed by atoms with Gasteiger partial charge in [0.15, 0.2) is 17.3 Å². The summed E-state index contributed by atoms with van der Waals surface area (Å²) in [5.74, 6) is -5.62. The van der Waals surface area contributed by atoms with E-state index >= 15 is 0 Å². The number of nitrogens with two attached hydrogens (primary N) is 2. The van der Waals surface area contributed by atoms with Crippen LogP contribution in [0.25, 0.3) is 22.3 Å². The third-order valence-electron chi connectivity index (χ3n) is 4.86. The molecule has 3 aromatic rings. The van der Waals surface area contributed by atoms with E-state index in [1.807, 2.05) is 0 Å². The maximum atomic E-state index is 12.4. The highest BCUT2D eigenvalue weighted by Gasteiger charge is 2.24. The predicted octanol–water partition coefficient (Wildman–Crippen LogP) is 1.35. The first-order chi connectivity index (χ1) is 17.4. The zero-order valence-corrected chi connectivity index (χ0v) is 19.1. The molecule has 0 fully saturated rings. The summed E-state index contributed by atoms with van der Waals surface area (Å²) in [5.41, 5.74) is 9.66. The first kappa shape index (κ1) is 28.7. The van der Waals surface area contributed by atoms with Crippen molar-refractivity contribution in [3.05, 3.63) is 40.6 Å². The Morgan fingerprint density at radius 3 is 2.27 bits per heavy atom. The summed E-state index contributed by atoms with van der Waals surface area (Å²) < 4.78 is 21.7. The van der Waals surface area contributed by atoms with Gasteiger partial charge in [-0.05, 0) is 37.6 Å². The molecular formula is C23H25FN2O11. The van der Waals surface area contributed by atoms with Crippen LogP contribution in [0.15, 0.2) is 39.5 Å². The van der Waals surface area contributed by atoms with Crippen molar-refractivity contribution in [2.45, 2.75) is 31.7 Å². The molecule has 37 heavy (non-hydrogen) atoms. The molecule has 1 unspecified atom stereocenters. The Kier molecular flexibility index (Phi) is 9.62. The minimum absolute atomic E-state index is 0.134. The van der Waals surface area contributed by atoms with Crippen molar-refractivity contribution in [1.82, 2.24) is 0 Å². The first-order valence-corrected chi connectivity index (χ1v) is 10.6. The van der Waals surface area contributed by atoms with Gasteiger partial charge in [-0.2, -0.15) is 4.39 Å². The van der Waals surface area contributed by atoms with Gasteiger partial charge < -0.3 is 51.3 Å². The summed E-state index contributed by atoms with van der Waals surface area (Å²) in [6.45, 7) is 0.475. The zero-order chi connectivity index (χ0) is 27.9. The van der Waals surface area contributed by atoms with Gasteiger partial charge in [0, 0.05) is 17.7 Å². The van der Waals surface area contributed by atoms with E-state index in [1.54, 1.807) is 0 Å². The van der Waals surface area contributed by atoms with E-state index in [1.165, 1.54) is 6.07 Å². The standard InChI is InChI=1S/C15H10O7.C8H15FN2O4/c16-7-4-10(19)12-11(5-7)22-15(14(21)13(12)20)6-1-2-8(17)9(18)3-6;9-6(7(12)13)15-8(14)5(11)3-1-2-4-10/h1-5,16-19,21H;5-6H,1-4,10-11H2,(H,12,13)/t;5-,6?/m.0/s1. The van der Waals surface area contributed by atoms with Crippen LogP contribution >= 0.6 is 0 Å². The highest BCUT2D eigenvalue weighted by molar-refractivity contribution is 5.88. The number of benzene rings is 2. The van der Waals surface area contributed by atoms with Gasteiger partial charge in [-0.3, -0.25) is 9.59 Å². The molecule has 0 bridgehead atoms. The quantitative estimate of drug-likeness (QED) is 0.118. The lowest BCUT2D eigenvalue weighted by atomic mass is 10.1. The average molecular weight is 524 g/mol. The van der Waals surface area contributed by atoms with Crippen molar-refractivity contribution >= 4 is 22.9 Å². The number of rotatable bonds is 8. The lowest BCUT2D eigenvalue weighted by Gasteiger charge is -2.11. The van der Waals surface area contributed by atoms with Gasteiger partial charge in [0.05, 0.1) is 0 Å². The van der Waals surface area contributed by atoms with Crippen LogP contribution in [0.4, 0.5) is 4.39 Å². The Balaban J connectivity index is 0.000000283. The van der Waals surface area contributed by atoms with Crippen molar-refractivity contribution in [3.63, 3.8) is 0 Å². The highest BCUT2D eigenvalue weighted by atomic mass is 19.1. The number of carboxylic acid groups (broad SMARTS) is 1. The molecule has 13 nitrogen and oxygen atoms in total. The molecular weight excluding hydrogens is 499 g/mol. The van der Waals surface area contributed by atoms with Gasteiger partial charge in [-0.1, -0.05) is 6.42 Å². The smallest absolute Gasteiger partial charge is 0.378 e. The summed E-state index contributed by atoms with van der Waals surface area (Å²) in [7, 11) is 0. The molecule has 0 spiro atoms. The molecule has 0 aliphatic heterocycles. The van der Waals surface area contributed by atoms with Crippen LogP contribution in [-0.2, 0) is 14.3 Å². The zero-order valence-electron chi connectivity index (χ0n) is 19.1. The van der Waals surface area contributed by atoms with Crippen LogP contribution < -0.4 is 16.9 Å². The van der Waals surface area contributed by atoms with Crippen LogP contribution in [0, 0.1) is 0 Å². The van der Waals surface area contributed by atoms with Crippen molar-refractivity contribution in [3.8, 4) is 40.1 Å². The molecule has 2 atom stereocenters. The normalized spacial score (nSPS) is 12.3. The number of fused-ring (bicyclic) bond motifs is 1. The Hall–Kier alpha value is -4.56. The van der Waals surface area contributed by atoms with E-state index < -0.39 is 47.0 Å². The van der Waals surface area contributed by atoms with Gasteiger partial charge in [0.1, 0.15) is 28.5 Å². The molecule has 0 aliphatic rings. The number of hydrogen-bond acceptors (Lipinski definition) is 12. The number of halogens is 1. The van der Waals surface area contributed by atoms with E-state index in [-0.39, 0.29) is 33.8 Å². The molecule has 0 saturated heterocycles. The number of aliphatic carboxylic acids is 1. The Bertz CT molecular complexity index is 1340. The van der Waals surface area contributed by atoms with E-state index in [0.29, 0.717) is 25.8 Å². The van der Waals surface area contributed by atoms with Gasteiger partial charge in [0.2, 0.25) is 11.2 Å². The fourth-order valence-electron chi connectivity index (χ4n) is 3.00. The van der Waals surface area contributed by atoms with Crippen molar-refractivity contribution < 1.29 is 53.8 Å². The lowest BCUT2D eigenvalue weighted by molar-refractivity contribution is -0.176. The number of unbranched alkanes of at least 4 members (excludes halogenated alkanes) is 1. The lowest BCUT2D eigenvalue weighted by Crippen LogP contribution is -2.36. The molecule has 0 aliphatic carbocycles. The maximum Gasteiger partial charge on any atom is 0.378 e. The molecule has 1 heterocycles. The fourth-order valence-corrected chi connectivity index (χ4v) is 3.00. The summed E-state index contributed by atoms with van der Waals surface area (Å²) in [4.78, 5) is 33.1. The molecule has 0 radical (unpaired) electrons. The van der Waals surface area contributed by atoms with Gasteiger partial charge >= 0.3 is 18.3 Å². The predicted molar refractivity (Wildman–Crippen MR) is 126 cm³/mol. The fraction of sp³-hybridized carbons (Fsp3) is 0.261. The number of esters is 1. The SMILES string of the molecule is NCCCC[C@H](N)C(=O)OC(F)C(=O)O.O=c1c(O)c(-c2ccc(O)c(O)c2)oc2cc(O)cc(O)c12. The monoisotopic (exact) mass is 524 g/mol. The number of carboxylic acids is 1. The van der Waals surface area contributed by atoms with Gasteiger partial charge in [-0.25, -0.2) is 4.79 Å². The van der Waals surface area contributed by atoms with Gasteiger partial charge in [0.25, 0.3) is 0 Å². The van der Waals surface area contributed by atoms with E-state index in [9.17, 15) is 44.3 Å². The van der Waals surface area contributed by atoms with Crippen LogP contribution in [0.3, 0.4) is 0 Å². The number of carbonyl (C=O) groups excluding carboxylic acids is 1. The molecule has 14 heteroatoms. The number of carbonyl (C=O) groups is 2. The molecule has 3 rings (SSSR count). The molecule has 0 amide bonds. The van der Waals surface area contributed by atoms with E-state index in [0.717, 1.165) is 24.3 Å². The number of alkyl halides is 1. The second-order valence-electron chi connectivity index (χ2n) is 7.63. The summed E-state index contributed by atoms with van der Waals surface area (Å²) in [6, 6.07) is 4.64. The number of ether oxygens (including phenoxy) is 1. The number of phenols is 4. The molecule has 200 valence electrons. The number of hydrogen-bond donors (Lipinski definition) is 8. The second-order valence-corrected chi connectivity index (χ2v) is 7.63. The molecule has 2 aromatic carbocycles. The van der Waals surface area contributed by atoms with Crippen molar-refractivity contribution in [2.24, 2.45) is 11.5 Å². The Morgan fingerprint density at radius 1 is 1.00 bits per heavy atom. The maximum absolute atomic E-state index is 12.4. The van der Waals surface area contributed by atoms with Crippen LogP contribution in [0.2, 0.25) is 0 Å². The summed E-state index contributed by atoms with van der Waals surface area (Å²) in [5, 5.41) is 55.8. The average Bonchev–Trinajstić information content (AvgIpc) is 2.83. The van der Waals surface area contributed by atoms with E-state index in [4.69, 9.17) is 21.0 Å². The molecule has 0 saturated carbocycles. The minimum atomic E-state index is -2.65. The summed E-state index contributed by atoms with van der Waals surface area (Å²) >= 11 is 0. The topological polar surface area (TPSA) is 247 Å².